The second-order valence-electron chi connectivity index (χ2n) is 4.64. The minimum absolute atomic E-state index is 0.235. The summed E-state index contributed by atoms with van der Waals surface area (Å²) in [4.78, 5) is 16.0. The van der Waals surface area contributed by atoms with Gasteiger partial charge in [-0.15, -0.1) is 0 Å². The van der Waals surface area contributed by atoms with Crippen molar-refractivity contribution in [3.05, 3.63) is 0 Å². The quantitative estimate of drug-likeness (QED) is 0.542. The van der Waals surface area contributed by atoms with Gasteiger partial charge in [0, 0.05) is 12.3 Å². The van der Waals surface area contributed by atoms with Gasteiger partial charge in [-0.3, -0.25) is 0 Å². The van der Waals surface area contributed by atoms with Crippen molar-refractivity contribution in [1.82, 2.24) is 0 Å². The van der Waals surface area contributed by atoms with Gasteiger partial charge in [-0.05, 0) is 25.2 Å². The molecule has 3 heteroatoms. The van der Waals surface area contributed by atoms with Crippen molar-refractivity contribution in [1.29, 1.82) is 0 Å². The maximum absolute atomic E-state index is 11.1. The summed E-state index contributed by atoms with van der Waals surface area (Å²) in [5.74, 6) is 0.920. The highest BCUT2D eigenvalue weighted by atomic mass is 16.7. The van der Waals surface area contributed by atoms with Gasteiger partial charge in [-0.2, -0.15) is 0 Å². The molecule has 92 valence electrons. The van der Waals surface area contributed by atoms with E-state index in [0.29, 0.717) is 18.3 Å². The monoisotopic (exact) mass is 225 g/mol. The minimum atomic E-state index is -0.235. The van der Waals surface area contributed by atoms with E-state index in [1.54, 1.807) is 6.92 Å². The van der Waals surface area contributed by atoms with E-state index in [9.17, 15) is 4.79 Å². The summed E-state index contributed by atoms with van der Waals surface area (Å²) < 4.78 is 0. The highest BCUT2D eigenvalue weighted by Crippen LogP contribution is 2.29. The Balaban J connectivity index is 2.62. The fourth-order valence-corrected chi connectivity index (χ4v) is 2.21. The van der Waals surface area contributed by atoms with Gasteiger partial charge in [0.15, 0.2) is 0 Å². The second kappa shape index (κ2) is 6.66. The number of hydrogen-bond donors (Lipinski definition) is 0. The van der Waals surface area contributed by atoms with Gasteiger partial charge in [0.2, 0.25) is 0 Å². The Kier molecular flexibility index (Phi) is 5.50. The van der Waals surface area contributed by atoms with E-state index in [-0.39, 0.29) is 5.97 Å². The van der Waals surface area contributed by atoms with E-state index in [0.717, 1.165) is 18.6 Å². The molecule has 0 radical (unpaired) electrons. The molecule has 2 atom stereocenters. The molecule has 16 heavy (non-hydrogen) atoms. The molecular weight excluding hydrogens is 202 g/mol. The fourth-order valence-electron chi connectivity index (χ4n) is 2.21. The molecule has 3 nitrogen and oxygen atoms in total. The molecule has 0 heterocycles. The van der Waals surface area contributed by atoms with Crippen LogP contribution in [0.15, 0.2) is 5.16 Å². The zero-order chi connectivity index (χ0) is 12.0. The van der Waals surface area contributed by atoms with Crippen LogP contribution in [0.2, 0.25) is 0 Å². The van der Waals surface area contributed by atoms with E-state index in [1.807, 2.05) is 0 Å². The van der Waals surface area contributed by atoms with Gasteiger partial charge < -0.3 is 4.84 Å². The van der Waals surface area contributed by atoms with Crippen molar-refractivity contribution in [2.24, 2.45) is 17.0 Å². The SMILES string of the molecule is CCC(=O)ON=C1CCCCC1C(C)CC. The summed E-state index contributed by atoms with van der Waals surface area (Å²) in [7, 11) is 0. The van der Waals surface area contributed by atoms with Crippen molar-refractivity contribution >= 4 is 11.7 Å². The first-order chi connectivity index (χ1) is 7.69. The molecule has 1 rings (SSSR count). The third kappa shape index (κ3) is 3.62. The standard InChI is InChI=1S/C13H23NO2/c1-4-10(3)11-8-6-7-9-12(11)14-16-13(15)5-2/h10-11H,4-9H2,1-3H3. The molecule has 0 saturated heterocycles. The number of carbonyl (C=O) groups excluding carboxylic acids is 1. The third-order valence-electron chi connectivity index (χ3n) is 3.51. The van der Waals surface area contributed by atoms with Gasteiger partial charge in [0.05, 0.1) is 5.71 Å². The zero-order valence-corrected chi connectivity index (χ0v) is 10.7. The number of rotatable bonds is 4. The average Bonchev–Trinajstić information content (AvgIpc) is 2.35. The van der Waals surface area contributed by atoms with E-state index >= 15 is 0 Å². The Hall–Kier alpha value is -0.860. The van der Waals surface area contributed by atoms with Crippen LogP contribution in [-0.2, 0) is 9.63 Å². The zero-order valence-electron chi connectivity index (χ0n) is 10.7. The predicted octanol–water partition coefficient (Wildman–Crippen LogP) is 3.53. The Morgan fingerprint density at radius 1 is 1.50 bits per heavy atom. The van der Waals surface area contributed by atoms with Crippen LogP contribution in [0, 0.1) is 11.8 Å². The molecule has 0 amide bonds. The van der Waals surface area contributed by atoms with Crippen molar-refractivity contribution in [3.63, 3.8) is 0 Å². The largest absolute Gasteiger partial charge is 0.334 e. The maximum atomic E-state index is 11.1. The second-order valence-corrected chi connectivity index (χ2v) is 4.64. The number of hydrogen-bond acceptors (Lipinski definition) is 3. The normalized spacial score (nSPS) is 25.4. The molecule has 1 aliphatic carbocycles. The van der Waals surface area contributed by atoms with Crippen molar-refractivity contribution < 1.29 is 9.63 Å². The lowest BCUT2D eigenvalue weighted by molar-refractivity contribution is -0.143. The highest BCUT2D eigenvalue weighted by molar-refractivity contribution is 5.87. The molecule has 1 aliphatic rings. The van der Waals surface area contributed by atoms with Crippen molar-refractivity contribution in [2.75, 3.05) is 0 Å². The number of oxime groups is 1. The molecule has 1 fully saturated rings. The molecule has 0 bridgehead atoms. The van der Waals surface area contributed by atoms with E-state index in [4.69, 9.17) is 4.84 Å². The summed E-state index contributed by atoms with van der Waals surface area (Å²) in [6, 6.07) is 0. The van der Waals surface area contributed by atoms with Crippen molar-refractivity contribution in [3.8, 4) is 0 Å². The lowest BCUT2D eigenvalue weighted by Gasteiger charge is -2.28. The Bertz CT molecular complexity index is 261. The summed E-state index contributed by atoms with van der Waals surface area (Å²) in [6.45, 7) is 6.25. The van der Waals surface area contributed by atoms with Crippen LogP contribution >= 0.6 is 0 Å². The van der Waals surface area contributed by atoms with Gasteiger partial charge in [-0.1, -0.05) is 38.8 Å². The lowest BCUT2D eigenvalue weighted by Crippen LogP contribution is -2.25. The molecule has 0 aliphatic heterocycles. The maximum Gasteiger partial charge on any atom is 0.334 e. The van der Waals surface area contributed by atoms with Gasteiger partial charge in [0.1, 0.15) is 0 Å². The predicted molar refractivity (Wildman–Crippen MR) is 65.2 cm³/mol. The van der Waals surface area contributed by atoms with Crippen LogP contribution in [0.1, 0.15) is 59.3 Å². The van der Waals surface area contributed by atoms with Crippen LogP contribution in [0.3, 0.4) is 0 Å². The summed E-state index contributed by atoms with van der Waals surface area (Å²) in [5, 5.41) is 4.07. The van der Waals surface area contributed by atoms with Crippen molar-refractivity contribution in [2.45, 2.75) is 59.3 Å². The summed E-state index contributed by atoms with van der Waals surface area (Å²) in [5.41, 5.74) is 1.10. The molecule has 0 aromatic rings. The van der Waals surface area contributed by atoms with Crippen LogP contribution in [0.5, 0.6) is 0 Å². The lowest BCUT2D eigenvalue weighted by atomic mass is 9.78. The molecule has 1 saturated carbocycles. The van der Waals surface area contributed by atoms with E-state index < -0.39 is 0 Å². The Labute approximate surface area is 98.2 Å². The van der Waals surface area contributed by atoms with Gasteiger partial charge in [-0.25, -0.2) is 4.79 Å². The first-order valence-electron chi connectivity index (χ1n) is 6.45. The topological polar surface area (TPSA) is 38.7 Å². The van der Waals surface area contributed by atoms with Gasteiger partial charge in [0.25, 0.3) is 0 Å². The number of carbonyl (C=O) groups is 1. The van der Waals surface area contributed by atoms with E-state index in [2.05, 4.69) is 19.0 Å². The Morgan fingerprint density at radius 2 is 2.25 bits per heavy atom. The Morgan fingerprint density at radius 3 is 2.88 bits per heavy atom. The molecule has 2 unspecified atom stereocenters. The van der Waals surface area contributed by atoms with E-state index in [1.165, 1.54) is 19.3 Å². The van der Waals surface area contributed by atoms with Crippen LogP contribution in [0.4, 0.5) is 0 Å². The summed E-state index contributed by atoms with van der Waals surface area (Å²) in [6.07, 6.45) is 6.19. The molecular formula is C13H23NO2. The molecule has 0 N–H and O–H groups in total. The third-order valence-corrected chi connectivity index (χ3v) is 3.51. The molecule has 0 aromatic heterocycles. The number of nitrogens with zero attached hydrogens (tertiary/aromatic N) is 1. The minimum Gasteiger partial charge on any atom is -0.318 e. The fraction of sp³-hybridized carbons (Fsp3) is 0.846. The smallest absolute Gasteiger partial charge is 0.318 e. The molecule has 0 spiro atoms. The highest BCUT2D eigenvalue weighted by Gasteiger charge is 2.25. The van der Waals surface area contributed by atoms with Crippen LogP contribution < -0.4 is 0 Å². The van der Waals surface area contributed by atoms with Gasteiger partial charge >= 0.3 is 5.97 Å². The van der Waals surface area contributed by atoms with Crippen LogP contribution in [-0.4, -0.2) is 11.7 Å². The van der Waals surface area contributed by atoms with Crippen LogP contribution in [0.25, 0.3) is 0 Å². The first-order valence-corrected chi connectivity index (χ1v) is 6.45. The first kappa shape index (κ1) is 13.2. The summed E-state index contributed by atoms with van der Waals surface area (Å²) >= 11 is 0. The average molecular weight is 225 g/mol. The molecule has 0 aromatic carbocycles.